The number of hydrogen-bond donors (Lipinski definition) is 1. The monoisotopic (exact) mass is 271 g/mol. The van der Waals surface area contributed by atoms with Crippen LogP contribution in [0.2, 0.25) is 0 Å². The van der Waals surface area contributed by atoms with Gasteiger partial charge in [0.25, 0.3) is 0 Å². The maximum Gasteiger partial charge on any atom is 0.416 e. The summed E-state index contributed by atoms with van der Waals surface area (Å²) < 4.78 is 37.6. The van der Waals surface area contributed by atoms with Gasteiger partial charge in [0.1, 0.15) is 0 Å². The Morgan fingerprint density at radius 1 is 1.21 bits per heavy atom. The first-order chi connectivity index (χ1) is 8.93. The van der Waals surface area contributed by atoms with Gasteiger partial charge in [0.15, 0.2) is 0 Å². The van der Waals surface area contributed by atoms with Gasteiger partial charge in [0.2, 0.25) is 0 Å². The molecule has 0 bridgehead atoms. The molecule has 106 valence electrons. The molecule has 0 radical (unpaired) electrons. The first kappa shape index (κ1) is 14.4. The predicted octanol–water partition coefficient (Wildman–Crippen LogP) is 4.40. The van der Waals surface area contributed by atoms with Crippen molar-refractivity contribution >= 4 is 0 Å². The van der Waals surface area contributed by atoms with Crippen LogP contribution in [0.3, 0.4) is 0 Å². The van der Waals surface area contributed by atoms with Gasteiger partial charge in [-0.05, 0) is 48.9 Å². The van der Waals surface area contributed by atoms with E-state index in [-0.39, 0.29) is 6.04 Å². The lowest BCUT2D eigenvalue weighted by Crippen LogP contribution is -2.28. The zero-order chi connectivity index (χ0) is 14.0. The summed E-state index contributed by atoms with van der Waals surface area (Å²) in [5.41, 5.74) is 0.375. The molecular weight excluding hydrogens is 251 g/mol. The van der Waals surface area contributed by atoms with Gasteiger partial charge in [-0.3, -0.25) is 0 Å². The van der Waals surface area contributed by atoms with Crippen molar-refractivity contribution in [3.05, 3.63) is 35.4 Å². The zero-order valence-electron chi connectivity index (χ0n) is 11.3. The molecule has 19 heavy (non-hydrogen) atoms. The van der Waals surface area contributed by atoms with E-state index in [4.69, 9.17) is 0 Å². The average Bonchev–Trinajstić information content (AvgIpc) is 3.18. The van der Waals surface area contributed by atoms with Crippen molar-refractivity contribution in [3.63, 3.8) is 0 Å². The molecule has 1 fully saturated rings. The second-order valence-electron chi connectivity index (χ2n) is 5.35. The highest BCUT2D eigenvalue weighted by molar-refractivity contribution is 5.27. The SMILES string of the molecule is CCNC(c1ccc(C(F)(F)F)cc1)C(C)C1CC1. The lowest BCUT2D eigenvalue weighted by molar-refractivity contribution is -0.137. The minimum absolute atomic E-state index is 0.153. The van der Waals surface area contributed by atoms with E-state index in [1.807, 2.05) is 6.92 Å². The Kier molecular flexibility index (Phi) is 4.19. The Bertz CT molecular complexity index is 406. The van der Waals surface area contributed by atoms with Crippen LogP contribution < -0.4 is 5.32 Å². The van der Waals surface area contributed by atoms with Gasteiger partial charge in [-0.25, -0.2) is 0 Å². The maximum absolute atomic E-state index is 12.5. The van der Waals surface area contributed by atoms with Crippen LogP contribution in [0.1, 0.15) is 43.9 Å². The van der Waals surface area contributed by atoms with E-state index in [0.717, 1.165) is 12.1 Å². The van der Waals surface area contributed by atoms with Crippen molar-refractivity contribution in [1.29, 1.82) is 0 Å². The molecule has 0 amide bonds. The van der Waals surface area contributed by atoms with E-state index in [0.29, 0.717) is 11.8 Å². The lowest BCUT2D eigenvalue weighted by atomic mass is 9.90. The molecule has 1 nitrogen and oxygen atoms in total. The average molecular weight is 271 g/mol. The topological polar surface area (TPSA) is 12.0 Å². The van der Waals surface area contributed by atoms with Crippen LogP contribution in [0.15, 0.2) is 24.3 Å². The van der Waals surface area contributed by atoms with Gasteiger partial charge in [0.05, 0.1) is 5.56 Å². The molecule has 1 saturated carbocycles. The first-order valence-corrected chi connectivity index (χ1v) is 6.84. The molecule has 1 aliphatic carbocycles. The molecule has 1 aliphatic rings. The molecule has 1 N–H and O–H groups in total. The van der Waals surface area contributed by atoms with E-state index < -0.39 is 11.7 Å². The number of benzene rings is 1. The summed E-state index contributed by atoms with van der Waals surface area (Å²) >= 11 is 0. The first-order valence-electron chi connectivity index (χ1n) is 6.84. The van der Waals surface area contributed by atoms with Crippen LogP contribution in [0, 0.1) is 11.8 Å². The Balaban J connectivity index is 2.17. The van der Waals surface area contributed by atoms with Crippen molar-refractivity contribution < 1.29 is 13.2 Å². The van der Waals surface area contributed by atoms with Crippen LogP contribution in [0.4, 0.5) is 13.2 Å². The fourth-order valence-corrected chi connectivity index (χ4v) is 2.60. The van der Waals surface area contributed by atoms with Crippen molar-refractivity contribution in [2.75, 3.05) is 6.54 Å². The molecule has 1 aromatic rings. The van der Waals surface area contributed by atoms with Gasteiger partial charge in [-0.2, -0.15) is 13.2 Å². The highest BCUT2D eigenvalue weighted by Crippen LogP contribution is 2.43. The number of hydrogen-bond acceptors (Lipinski definition) is 1. The van der Waals surface area contributed by atoms with E-state index in [1.165, 1.54) is 25.0 Å². The second-order valence-corrected chi connectivity index (χ2v) is 5.35. The minimum Gasteiger partial charge on any atom is -0.310 e. The third-order valence-electron chi connectivity index (χ3n) is 3.91. The summed E-state index contributed by atoms with van der Waals surface area (Å²) in [6.45, 7) is 5.03. The van der Waals surface area contributed by atoms with Gasteiger partial charge in [-0.1, -0.05) is 26.0 Å². The summed E-state index contributed by atoms with van der Waals surface area (Å²) in [5, 5.41) is 3.40. The molecule has 1 aromatic carbocycles. The number of halogens is 3. The molecular formula is C15H20F3N. The predicted molar refractivity (Wildman–Crippen MR) is 69.7 cm³/mol. The minimum atomic E-state index is -4.26. The van der Waals surface area contributed by atoms with Crippen LogP contribution in [-0.4, -0.2) is 6.54 Å². The van der Waals surface area contributed by atoms with Crippen LogP contribution in [0.5, 0.6) is 0 Å². The largest absolute Gasteiger partial charge is 0.416 e. The summed E-state index contributed by atoms with van der Waals surface area (Å²) in [7, 11) is 0. The van der Waals surface area contributed by atoms with Crippen LogP contribution in [-0.2, 0) is 6.18 Å². The summed E-state index contributed by atoms with van der Waals surface area (Å²) in [5.74, 6) is 1.18. The molecule has 2 unspecified atom stereocenters. The van der Waals surface area contributed by atoms with Crippen molar-refractivity contribution in [3.8, 4) is 0 Å². The molecule has 0 aliphatic heterocycles. The normalized spacial score (nSPS) is 19.2. The Labute approximate surface area is 112 Å². The van der Waals surface area contributed by atoms with E-state index in [1.54, 1.807) is 12.1 Å². The van der Waals surface area contributed by atoms with E-state index in [9.17, 15) is 13.2 Å². The highest BCUT2D eigenvalue weighted by atomic mass is 19.4. The van der Waals surface area contributed by atoms with Crippen LogP contribution >= 0.6 is 0 Å². The molecule has 0 heterocycles. The molecule has 0 spiro atoms. The third kappa shape index (κ3) is 3.50. The van der Waals surface area contributed by atoms with Crippen molar-refractivity contribution in [2.24, 2.45) is 11.8 Å². The number of rotatable bonds is 5. The fraction of sp³-hybridized carbons (Fsp3) is 0.600. The number of alkyl halides is 3. The Hall–Kier alpha value is -1.03. The fourth-order valence-electron chi connectivity index (χ4n) is 2.60. The summed E-state index contributed by atoms with van der Waals surface area (Å²) in [6.07, 6.45) is -1.78. The molecule has 2 rings (SSSR count). The smallest absolute Gasteiger partial charge is 0.310 e. The van der Waals surface area contributed by atoms with Crippen LogP contribution in [0.25, 0.3) is 0 Å². The van der Waals surface area contributed by atoms with Gasteiger partial charge in [0, 0.05) is 6.04 Å². The van der Waals surface area contributed by atoms with Gasteiger partial charge < -0.3 is 5.32 Å². The molecule has 0 aromatic heterocycles. The summed E-state index contributed by atoms with van der Waals surface area (Å²) in [6, 6.07) is 5.72. The van der Waals surface area contributed by atoms with Gasteiger partial charge in [-0.15, -0.1) is 0 Å². The van der Waals surface area contributed by atoms with Crippen molar-refractivity contribution in [2.45, 2.75) is 38.9 Å². The Morgan fingerprint density at radius 2 is 1.79 bits per heavy atom. The Morgan fingerprint density at radius 3 is 2.21 bits per heavy atom. The molecule has 4 heteroatoms. The third-order valence-corrected chi connectivity index (χ3v) is 3.91. The second kappa shape index (κ2) is 5.53. The maximum atomic E-state index is 12.5. The standard InChI is InChI=1S/C15H20F3N/c1-3-19-14(10(2)11-4-5-11)12-6-8-13(9-7-12)15(16,17)18/h6-11,14,19H,3-5H2,1-2H3. The molecule has 2 atom stereocenters. The van der Waals surface area contributed by atoms with Gasteiger partial charge >= 0.3 is 6.18 Å². The quantitative estimate of drug-likeness (QED) is 0.836. The summed E-state index contributed by atoms with van der Waals surface area (Å²) in [4.78, 5) is 0. The number of nitrogens with one attached hydrogen (secondary N) is 1. The zero-order valence-corrected chi connectivity index (χ0v) is 11.3. The molecule has 0 saturated heterocycles. The van der Waals surface area contributed by atoms with E-state index >= 15 is 0 Å². The van der Waals surface area contributed by atoms with E-state index in [2.05, 4.69) is 12.2 Å². The highest BCUT2D eigenvalue weighted by Gasteiger charge is 2.34. The lowest BCUT2D eigenvalue weighted by Gasteiger charge is -2.25. The van der Waals surface area contributed by atoms with Crippen molar-refractivity contribution in [1.82, 2.24) is 5.32 Å².